The van der Waals surface area contributed by atoms with E-state index in [9.17, 15) is 13.6 Å². The summed E-state index contributed by atoms with van der Waals surface area (Å²) in [6.45, 7) is 7.06. The van der Waals surface area contributed by atoms with Crippen molar-refractivity contribution < 1.29 is 13.6 Å². The Hall–Kier alpha value is -3.67. The predicted molar refractivity (Wildman–Crippen MR) is 127 cm³/mol. The SMILES string of the molecule is C#C.CC.CCN=C(N)c1cnc(NC(=O)NCC)cc1N.FCF.c1ccccc1. The summed E-state index contributed by atoms with van der Waals surface area (Å²) in [6.07, 6.45) is 9.49. The number of carbonyl (C=O) groups is 1. The average molecular weight is 437 g/mol. The number of alkyl halides is 2. The number of rotatable bonds is 4. The molecule has 1 heterocycles. The molecular weight excluding hydrogens is 402 g/mol. The third-order valence-corrected chi connectivity index (χ3v) is 2.79. The molecule has 2 amide bonds. The van der Waals surface area contributed by atoms with Crippen LogP contribution in [0, 0.1) is 12.8 Å². The number of amidine groups is 1. The smallest absolute Gasteiger partial charge is 0.320 e. The highest BCUT2D eigenvalue weighted by Crippen LogP contribution is 2.14. The van der Waals surface area contributed by atoms with Crippen molar-refractivity contribution in [2.75, 3.05) is 31.1 Å². The first-order valence-electron chi connectivity index (χ1n) is 9.55. The van der Waals surface area contributed by atoms with Crippen molar-refractivity contribution >= 4 is 23.4 Å². The van der Waals surface area contributed by atoms with Gasteiger partial charge in [-0.3, -0.25) is 10.3 Å². The summed E-state index contributed by atoms with van der Waals surface area (Å²) in [4.78, 5) is 19.4. The number of carbonyl (C=O) groups excluding carboxylic acids is 1. The molecule has 2 rings (SSSR count). The molecule has 0 atom stereocenters. The summed E-state index contributed by atoms with van der Waals surface area (Å²) in [5, 5.41) is 5.15. The highest BCUT2D eigenvalue weighted by molar-refractivity contribution is 6.02. The number of hydrogen-bond acceptors (Lipinski definition) is 4. The third-order valence-electron chi connectivity index (χ3n) is 2.79. The van der Waals surface area contributed by atoms with Crippen LogP contribution in [0.2, 0.25) is 0 Å². The molecule has 0 saturated heterocycles. The van der Waals surface area contributed by atoms with Gasteiger partial charge in [0.05, 0.1) is 5.56 Å². The number of urea groups is 1. The summed E-state index contributed by atoms with van der Waals surface area (Å²) in [5.74, 6) is 0.707. The molecule has 1 aromatic heterocycles. The Labute approximate surface area is 184 Å². The summed E-state index contributed by atoms with van der Waals surface area (Å²) < 4.78 is 19.2. The minimum absolute atomic E-state index is 0.327. The van der Waals surface area contributed by atoms with Crippen LogP contribution in [0.25, 0.3) is 0 Å². The molecule has 0 aliphatic heterocycles. The fourth-order valence-electron chi connectivity index (χ4n) is 1.71. The maximum atomic E-state index is 11.3. The zero-order valence-electron chi connectivity index (χ0n) is 18.6. The molecule has 1 aromatic carbocycles. The first-order chi connectivity index (χ1) is 15.0. The van der Waals surface area contributed by atoms with Crippen LogP contribution in [-0.4, -0.2) is 36.9 Å². The maximum Gasteiger partial charge on any atom is 0.320 e. The van der Waals surface area contributed by atoms with Gasteiger partial charge < -0.3 is 16.8 Å². The molecule has 172 valence electrons. The van der Waals surface area contributed by atoms with Gasteiger partial charge in [-0.2, -0.15) is 0 Å². The molecule has 2 aromatic rings. The summed E-state index contributed by atoms with van der Waals surface area (Å²) in [6, 6.07) is 13.2. The topological polar surface area (TPSA) is 118 Å². The van der Waals surface area contributed by atoms with Crippen molar-refractivity contribution in [1.82, 2.24) is 10.3 Å². The van der Waals surface area contributed by atoms with E-state index in [0.717, 1.165) is 0 Å². The predicted octanol–water partition coefficient (Wildman–Crippen LogP) is 4.38. The van der Waals surface area contributed by atoms with Gasteiger partial charge in [0.1, 0.15) is 11.7 Å². The second-order valence-electron chi connectivity index (χ2n) is 4.76. The number of amides is 2. The van der Waals surface area contributed by atoms with Gasteiger partial charge >= 0.3 is 6.03 Å². The van der Waals surface area contributed by atoms with E-state index >= 15 is 0 Å². The van der Waals surface area contributed by atoms with Crippen molar-refractivity contribution in [2.45, 2.75) is 27.7 Å². The van der Waals surface area contributed by atoms with Crippen LogP contribution in [0.4, 0.5) is 25.1 Å². The quantitative estimate of drug-likeness (QED) is 0.323. The highest BCUT2D eigenvalue weighted by Gasteiger charge is 2.07. The number of aliphatic imine (C=N–C) groups is 1. The van der Waals surface area contributed by atoms with Crippen LogP contribution in [0.5, 0.6) is 0 Å². The lowest BCUT2D eigenvalue weighted by atomic mass is 10.2. The standard InChI is InChI=1S/C11H18N6O.C6H6.C2H6.C2H2.CH2F2/c1-3-14-10(13)7-6-16-9(5-8(7)12)17-11(18)15-4-2;1-2-4-6-5-3-1;2*1-2;2-1-3/h5-6H,3-4H2,1-2H3,(H2,13,14)(H4,12,15,16,17,18);1-6H;1-2H3;1-2H;1H2. The molecule has 0 unspecified atom stereocenters. The molecule has 0 spiro atoms. The number of nitrogens with two attached hydrogens (primary N) is 2. The van der Waals surface area contributed by atoms with Crippen molar-refractivity contribution in [3.8, 4) is 12.8 Å². The maximum absolute atomic E-state index is 11.3. The van der Waals surface area contributed by atoms with Crippen LogP contribution in [0.15, 0.2) is 53.7 Å². The number of terminal acetylenes is 1. The number of halogens is 2. The number of aromatic nitrogens is 1. The molecule has 0 radical (unpaired) electrons. The zero-order chi connectivity index (χ0) is 24.5. The average Bonchev–Trinajstić information content (AvgIpc) is 2.79. The first-order valence-corrected chi connectivity index (χ1v) is 9.55. The van der Waals surface area contributed by atoms with Gasteiger partial charge in [0.2, 0.25) is 6.93 Å². The molecule has 6 N–H and O–H groups in total. The molecule has 31 heavy (non-hydrogen) atoms. The molecule has 9 heteroatoms. The Morgan fingerprint density at radius 3 is 1.90 bits per heavy atom. The highest BCUT2D eigenvalue weighted by atomic mass is 19.3. The van der Waals surface area contributed by atoms with Crippen LogP contribution < -0.4 is 22.1 Å². The van der Waals surface area contributed by atoms with Gasteiger partial charge in [0.15, 0.2) is 0 Å². The molecular formula is C22H34F2N6O. The molecule has 0 saturated carbocycles. The second-order valence-corrected chi connectivity index (χ2v) is 4.76. The van der Waals surface area contributed by atoms with E-state index in [2.05, 4.69) is 33.5 Å². The lowest BCUT2D eigenvalue weighted by Crippen LogP contribution is -2.28. The molecule has 0 aliphatic carbocycles. The summed E-state index contributed by atoms with van der Waals surface area (Å²) in [5.41, 5.74) is 12.6. The molecule has 0 aliphatic rings. The van der Waals surface area contributed by atoms with E-state index in [0.29, 0.717) is 36.0 Å². The Morgan fingerprint density at radius 2 is 1.55 bits per heavy atom. The molecule has 7 nitrogen and oxygen atoms in total. The number of nitrogens with one attached hydrogen (secondary N) is 2. The number of pyridine rings is 1. The van der Waals surface area contributed by atoms with Gasteiger partial charge in [-0.15, -0.1) is 12.8 Å². The lowest BCUT2D eigenvalue weighted by Gasteiger charge is -2.08. The number of nitrogen functional groups attached to an aromatic ring is 1. The van der Waals surface area contributed by atoms with Crippen molar-refractivity contribution in [2.24, 2.45) is 10.7 Å². The Balaban J connectivity index is -0.000000494. The Bertz CT molecular complexity index is 698. The zero-order valence-corrected chi connectivity index (χ0v) is 18.6. The largest absolute Gasteiger partial charge is 0.398 e. The second kappa shape index (κ2) is 24.4. The third kappa shape index (κ3) is 18.1. The first kappa shape index (κ1) is 32.0. The van der Waals surface area contributed by atoms with E-state index in [-0.39, 0.29) is 6.03 Å². The van der Waals surface area contributed by atoms with Gasteiger partial charge in [0, 0.05) is 31.0 Å². The van der Waals surface area contributed by atoms with Crippen LogP contribution in [0.3, 0.4) is 0 Å². The number of benzene rings is 1. The van der Waals surface area contributed by atoms with Gasteiger partial charge in [-0.05, 0) is 13.8 Å². The minimum Gasteiger partial charge on any atom is -0.398 e. The van der Waals surface area contributed by atoms with Crippen molar-refractivity contribution in [1.29, 1.82) is 0 Å². The molecule has 0 fully saturated rings. The normalized spacial score (nSPS) is 8.84. The molecule has 0 bridgehead atoms. The van der Waals surface area contributed by atoms with Crippen LogP contribution in [0.1, 0.15) is 33.3 Å². The van der Waals surface area contributed by atoms with Crippen molar-refractivity contribution in [3.05, 3.63) is 54.2 Å². The van der Waals surface area contributed by atoms with Crippen LogP contribution in [-0.2, 0) is 0 Å². The fourth-order valence-corrected chi connectivity index (χ4v) is 1.71. The van der Waals surface area contributed by atoms with Gasteiger partial charge in [-0.1, -0.05) is 50.2 Å². The van der Waals surface area contributed by atoms with E-state index in [1.54, 1.807) is 6.07 Å². The Kier molecular flexibility index (Phi) is 25.2. The van der Waals surface area contributed by atoms with E-state index in [1.165, 1.54) is 6.20 Å². The van der Waals surface area contributed by atoms with Crippen LogP contribution >= 0.6 is 0 Å². The fraction of sp³-hybridized carbons (Fsp3) is 0.318. The minimum atomic E-state index is -1.75. The van der Waals surface area contributed by atoms with Crippen molar-refractivity contribution in [3.63, 3.8) is 0 Å². The summed E-state index contributed by atoms with van der Waals surface area (Å²) >= 11 is 0. The van der Waals surface area contributed by atoms with E-state index in [4.69, 9.17) is 11.5 Å². The number of anilines is 2. The Morgan fingerprint density at radius 1 is 1.10 bits per heavy atom. The van der Waals surface area contributed by atoms with E-state index < -0.39 is 6.93 Å². The van der Waals surface area contributed by atoms with Gasteiger partial charge in [-0.25, -0.2) is 18.6 Å². The lowest BCUT2D eigenvalue weighted by molar-refractivity contribution is 0.252. The van der Waals surface area contributed by atoms with E-state index in [1.807, 2.05) is 64.1 Å². The monoisotopic (exact) mass is 436 g/mol. The summed E-state index contributed by atoms with van der Waals surface area (Å²) in [7, 11) is 0. The number of hydrogen-bond donors (Lipinski definition) is 4. The van der Waals surface area contributed by atoms with Gasteiger partial charge in [0.25, 0.3) is 0 Å². The number of nitrogens with zero attached hydrogens (tertiary/aromatic N) is 2.